The first-order valence-corrected chi connectivity index (χ1v) is 6.80. The minimum atomic E-state index is 0.0848. The molecule has 0 radical (unpaired) electrons. The van der Waals surface area contributed by atoms with E-state index in [4.69, 9.17) is 5.73 Å². The van der Waals surface area contributed by atoms with Crippen molar-refractivity contribution in [3.63, 3.8) is 0 Å². The number of aromatic nitrogens is 2. The SMILES string of the molecule is CC(N)C(Sc1cnccn1)c1ccsc1. The van der Waals surface area contributed by atoms with Crippen LogP contribution in [0.3, 0.4) is 0 Å². The summed E-state index contributed by atoms with van der Waals surface area (Å²) >= 11 is 3.35. The van der Waals surface area contributed by atoms with Crippen LogP contribution in [0, 0.1) is 0 Å². The van der Waals surface area contributed by atoms with Crippen LogP contribution in [0.1, 0.15) is 17.7 Å². The zero-order chi connectivity index (χ0) is 11.4. The van der Waals surface area contributed by atoms with E-state index in [1.807, 2.05) is 6.92 Å². The molecule has 2 atom stereocenters. The molecule has 16 heavy (non-hydrogen) atoms. The first-order valence-electron chi connectivity index (χ1n) is 4.97. The van der Waals surface area contributed by atoms with Gasteiger partial charge in [0.15, 0.2) is 0 Å². The Morgan fingerprint density at radius 3 is 2.88 bits per heavy atom. The summed E-state index contributed by atoms with van der Waals surface area (Å²) in [6.07, 6.45) is 5.15. The Balaban J connectivity index is 2.16. The molecule has 0 aliphatic carbocycles. The topological polar surface area (TPSA) is 51.8 Å². The van der Waals surface area contributed by atoms with E-state index in [1.165, 1.54) is 5.56 Å². The number of nitrogens with zero attached hydrogens (tertiary/aromatic N) is 2. The average molecular weight is 251 g/mol. The van der Waals surface area contributed by atoms with Crippen LogP contribution in [-0.4, -0.2) is 16.0 Å². The molecule has 2 rings (SSSR count). The molecule has 0 aliphatic rings. The van der Waals surface area contributed by atoms with Crippen LogP contribution in [0.2, 0.25) is 0 Å². The molecule has 5 heteroatoms. The maximum absolute atomic E-state index is 6.01. The lowest BCUT2D eigenvalue weighted by molar-refractivity contribution is 0.721. The molecular formula is C11H13N3S2. The Morgan fingerprint density at radius 2 is 2.31 bits per heavy atom. The second-order valence-corrected chi connectivity index (χ2v) is 5.44. The summed E-state index contributed by atoms with van der Waals surface area (Å²) in [5.74, 6) is 0. The molecule has 0 aliphatic heterocycles. The molecule has 0 amide bonds. The summed E-state index contributed by atoms with van der Waals surface area (Å²) in [7, 11) is 0. The van der Waals surface area contributed by atoms with Crippen LogP contribution in [0.15, 0.2) is 40.4 Å². The second kappa shape index (κ2) is 5.43. The van der Waals surface area contributed by atoms with Crippen LogP contribution in [-0.2, 0) is 0 Å². The highest BCUT2D eigenvalue weighted by Gasteiger charge is 2.18. The number of hydrogen-bond donors (Lipinski definition) is 1. The first-order chi connectivity index (χ1) is 7.77. The fourth-order valence-corrected chi connectivity index (χ4v) is 3.18. The van der Waals surface area contributed by atoms with Crippen molar-refractivity contribution in [3.05, 3.63) is 41.0 Å². The normalized spacial score (nSPS) is 14.6. The first kappa shape index (κ1) is 11.6. The third-order valence-electron chi connectivity index (χ3n) is 2.14. The maximum Gasteiger partial charge on any atom is 0.115 e. The molecule has 2 aromatic heterocycles. The summed E-state index contributed by atoms with van der Waals surface area (Å²) < 4.78 is 0. The summed E-state index contributed by atoms with van der Waals surface area (Å²) in [6.45, 7) is 2.02. The van der Waals surface area contributed by atoms with E-state index >= 15 is 0 Å². The number of nitrogens with two attached hydrogens (primary N) is 1. The summed E-state index contributed by atoms with van der Waals surface area (Å²) in [4.78, 5) is 8.32. The highest BCUT2D eigenvalue weighted by Crippen LogP contribution is 2.36. The number of hydrogen-bond acceptors (Lipinski definition) is 5. The average Bonchev–Trinajstić information content (AvgIpc) is 2.80. The van der Waals surface area contributed by atoms with Gasteiger partial charge in [0.2, 0.25) is 0 Å². The Bertz CT molecular complexity index is 414. The molecule has 3 nitrogen and oxygen atoms in total. The van der Waals surface area contributed by atoms with Gasteiger partial charge in [0, 0.05) is 18.4 Å². The van der Waals surface area contributed by atoms with Crippen LogP contribution < -0.4 is 5.73 Å². The van der Waals surface area contributed by atoms with Crippen LogP contribution in [0.5, 0.6) is 0 Å². The highest BCUT2D eigenvalue weighted by molar-refractivity contribution is 7.99. The molecule has 0 fully saturated rings. The van der Waals surface area contributed by atoms with Crippen molar-refractivity contribution in [2.45, 2.75) is 23.2 Å². The van der Waals surface area contributed by atoms with Gasteiger partial charge in [-0.3, -0.25) is 4.98 Å². The Kier molecular flexibility index (Phi) is 3.93. The van der Waals surface area contributed by atoms with Gasteiger partial charge in [-0.25, -0.2) is 4.98 Å². The third-order valence-corrected chi connectivity index (χ3v) is 4.25. The van der Waals surface area contributed by atoms with Gasteiger partial charge >= 0.3 is 0 Å². The van der Waals surface area contributed by atoms with Crippen LogP contribution in [0.4, 0.5) is 0 Å². The van der Waals surface area contributed by atoms with Crippen molar-refractivity contribution in [1.29, 1.82) is 0 Å². The molecule has 0 saturated heterocycles. The lowest BCUT2D eigenvalue weighted by Crippen LogP contribution is -2.22. The minimum absolute atomic E-state index is 0.0848. The fraction of sp³-hybridized carbons (Fsp3) is 0.273. The van der Waals surface area contributed by atoms with E-state index in [0.717, 1.165) is 5.03 Å². The predicted octanol–water partition coefficient (Wildman–Crippen LogP) is 2.72. The molecule has 2 heterocycles. The summed E-state index contributed by atoms with van der Waals surface area (Å²) in [5, 5.41) is 5.36. The van der Waals surface area contributed by atoms with E-state index in [-0.39, 0.29) is 11.3 Å². The predicted molar refractivity (Wildman–Crippen MR) is 68.6 cm³/mol. The van der Waals surface area contributed by atoms with E-state index < -0.39 is 0 Å². The molecule has 84 valence electrons. The van der Waals surface area contributed by atoms with Crippen molar-refractivity contribution in [3.8, 4) is 0 Å². The van der Waals surface area contributed by atoms with Gasteiger partial charge in [-0.1, -0.05) is 11.8 Å². The smallest absolute Gasteiger partial charge is 0.115 e. The lowest BCUT2D eigenvalue weighted by Gasteiger charge is -2.18. The van der Waals surface area contributed by atoms with E-state index in [1.54, 1.807) is 41.7 Å². The highest BCUT2D eigenvalue weighted by atomic mass is 32.2. The second-order valence-electron chi connectivity index (χ2n) is 3.50. The van der Waals surface area contributed by atoms with Gasteiger partial charge in [0.1, 0.15) is 5.03 Å². The third kappa shape index (κ3) is 2.81. The Hall–Kier alpha value is -0.910. The lowest BCUT2D eigenvalue weighted by atomic mass is 10.1. The van der Waals surface area contributed by atoms with Gasteiger partial charge in [-0.05, 0) is 29.3 Å². The molecule has 0 spiro atoms. The van der Waals surface area contributed by atoms with Gasteiger partial charge in [0.05, 0.1) is 11.4 Å². The van der Waals surface area contributed by atoms with E-state index in [0.29, 0.717) is 0 Å². The van der Waals surface area contributed by atoms with Crippen LogP contribution >= 0.6 is 23.1 Å². The molecule has 0 aromatic carbocycles. The van der Waals surface area contributed by atoms with Crippen molar-refractivity contribution in [1.82, 2.24) is 9.97 Å². The zero-order valence-corrected chi connectivity index (χ0v) is 10.5. The zero-order valence-electron chi connectivity index (χ0n) is 8.91. The van der Waals surface area contributed by atoms with Crippen LogP contribution in [0.25, 0.3) is 0 Å². The van der Waals surface area contributed by atoms with Gasteiger partial charge < -0.3 is 5.73 Å². The number of thioether (sulfide) groups is 1. The fourth-order valence-electron chi connectivity index (χ4n) is 1.39. The standard InChI is InChI=1S/C11H13N3S2/c1-8(12)11(9-2-5-15-7-9)16-10-6-13-3-4-14-10/h2-8,11H,12H2,1H3. The van der Waals surface area contributed by atoms with Crippen molar-refractivity contribution in [2.75, 3.05) is 0 Å². The Morgan fingerprint density at radius 1 is 1.44 bits per heavy atom. The van der Waals surface area contributed by atoms with Gasteiger partial charge in [-0.2, -0.15) is 11.3 Å². The summed E-state index contributed by atoms with van der Waals surface area (Å²) in [6, 6.07) is 2.20. The molecule has 2 aromatic rings. The molecule has 2 unspecified atom stereocenters. The number of rotatable bonds is 4. The summed E-state index contributed by atoms with van der Waals surface area (Å²) in [5.41, 5.74) is 7.27. The van der Waals surface area contributed by atoms with Gasteiger partial charge in [0.25, 0.3) is 0 Å². The van der Waals surface area contributed by atoms with Crippen molar-refractivity contribution < 1.29 is 0 Å². The minimum Gasteiger partial charge on any atom is -0.327 e. The largest absolute Gasteiger partial charge is 0.327 e. The molecular weight excluding hydrogens is 238 g/mol. The molecule has 2 N–H and O–H groups in total. The molecule has 0 bridgehead atoms. The maximum atomic E-state index is 6.01. The van der Waals surface area contributed by atoms with Crippen molar-refractivity contribution in [2.24, 2.45) is 5.73 Å². The molecule has 0 saturated carbocycles. The van der Waals surface area contributed by atoms with E-state index in [2.05, 4.69) is 26.8 Å². The quantitative estimate of drug-likeness (QED) is 0.849. The van der Waals surface area contributed by atoms with E-state index in [9.17, 15) is 0 Å². The van der Waals surface area contributed by atoms with Gasteiger partial charge in [-0.15, -0.1) is 0 Å². The van der Waals surface area contributed by atoms with Crippen molar-refractivity contribution >= 4 is 23.1 Å². The number of thiophene rings is 1. The Labute approximate surface area is 103 Å². The monoisotopic (exact) mass is 251 g/mol.